The SMILES string of the molecule is C[C@H]1Nc2ncnc3c2cc(C2(C#N)CC2)c(=O)n3CC(=O)NCC(F)(F)CN2CCC(CC2)C(F)(F)c2cccc1c2F. The lowest BCUT2D eigenvalue weighted by molar-refractivity contribution is -0.124. The van der Waals surface area contributed by atoms with Crippen LogP contribution in [0.1, 0.15) is 55.3 Å². The summed E-state index contributed by atoms with van der Waals surface area (Å²) < 4.78 is 78.2. The molecule has 1 saturated heterocycles. The summed E-state index contributed by atoms with van der Waals surface area (Å²) >= 11 is 0. The van der Waals surface area contributed by atoms with E-state index in [1.54, 1.807) is 6.92 Å². The van der Waals surface area contributed by atoms with E-state index < -0.39 is 71.7 Å². The summed E-state index contributed by atoms with van der Waals surface area (Å²) in [5.41, 5.74) is -2.50. The topological polar surface area (TPSA) is 116 Å². The van der Waals surface area contributed by atoms with Gasteiger partial charge in [0.25, 0.3) is 17.4 Å². The van der Waals surface area contributed by atoms with Gasteiger partial charge in [-0.2, -0.15) is 5.26 Å². The van der Waals surface area contributed by atoms with E-state index in [0.29, 0.717) is 12.8 Å². The number of nitrogens with zero attached hydrogens (tertiary/aromatic N) is 5. The number of benzene rings is 1. The molecule has 0 spiro atoms. The van der Waals surface area contributed by atoms with Crippen LogP contribution in [0.3, 0.4) is 0 Å². The van der Waals surface area contributed by atoms with Crippen LogP contribution in [-0.4, -0.2) is 57.4 Å². The molecule has 0 unspecified atom stereocenters. The van der Waals surface area contributed by atoms with Crippen molar-refractivity contribution in [2.75, 3.05) is 31.5 Å². The number of nitriles is 1. The fraction of sp³-hybridized carbons (Fsp3) is 0.500. The van der Waals surface area contributed by atoms with Gasteiger partial charge >= 0.3 is 0 Å². The van der Waals surface area contributed by atoms with Gasteiger partial charge in [-0.05, 0) is 51.8 Å². The lowest BCUT2D eigenvalue weighted by Gasteiger charge is -2.37. The highest BCUT2D eigenvalue weighted by molar-refractivity contribution is 5.89. The first-order valence-electron chi connectivity index (χ1n) is 14.5. The van der Waals surface area contributed by atoms with Gasteiger partial charge in [-0.15, -0.1) is 0 Å². The minimum Gasteiger partial charge on any atom is -0.363 e. The summed E-state index contributed by atoms with van der Waals surface area (Å²) in [6, 6.07) is 6.49. The van der Waals surface area contributed by atoms with Crippen molar-refractivity contribution < 1.29 is 26.7 Å². The van der Waals surface area contributed by atoms with Crippen LogP contribution in [0.15, 0.2) is 35.4 Å². The van der Waals surface area contributed by atoms with E-state index in [1.807, 2.05) is 0 Å². The third-order valence-corrected chi connectivity index (χ3v) is 8.97. The molecule has 3 aliphatic heterocycles. The number of nitrogens with one attached hydrogen (secondary N) is 2. The predicted octanol–water partition coefficient (Wildman–Crippen LogP) is 4.23. The summed E-state index contributed by atoms with van der Waals surface area (Å²) in [5, 5.41) is 15.3. The lowest BCUT2D eigenvalue weighted by atomic mass is 9.85. The average Bonchev–Trinajstić information content (AvgIpc) is 3.78. The summed E-state index contributed by atoms with van der Waals surface area (Å²) in [6.45, 7) is -0.970. The third kappa shape index (κ3) is 5.27. The number of hydrogen-bond acceptors (Lipinski definition) is 7. The third-order valence-electron chi connectivity index (χ3n) is 8.97. The number of fused-ring (bicyclic) bond motifs is 8. The molecule has 2 aromatic heterocycles. The second kappa shape index (κ2) is 10.8. The van der Waals surface area contributed by atoms with Crippen molar-refractivity contribution in [1.82, 2.24) is 24.8 Å². The van der Waals surface area contributed by atoms with Gasteiger partial charge in [0.15, 0.2) is 0 Å². The maximum absolute atomic E-state index is 15.8. The van der Waals surface area contributed by atoms with Crippen LogP contribution in [0.4, 0.5) is 27.8 Å². The van der Waals surface area contributed by atoms with Gasteiger partial charge in [0.2, 0.25) is 5.91 Å². The molecule has 44 heavy (non-hydrogen) atoms. The van der Waals surface area contributed by atoms with Crippen molar-refractivity contribution >= 4 is 22.8 Å². The molecule has 14 heteroatoms. The fourth-order valence-electron chi connectivity index (χ4n) is 6.26. The Morgan fingerprint density at radius 2 is 1.80 bits per heavy atom. The van der Waals surface area contributed by atoms with Crippen LogP contribution in [-0.2, 0) is 22.7 Å². The largest absolute Gasteiger partial charge is 0.363 e. The molecule has 1 atom stereocenters. The summed E-state index contributed by atoms with van der Waals surface area (Å²) in [5.74, 6) is -10.0. The Morgan fingerprint density at radius 1 is 1.07 bits per heavy atom. The van der Waals surface area contributed by atoms with Crippen LogP contribution in [0, 0.1) is 23.1 Å². The quantitative estimate of drug-likeness (QED) is 0.394. The zero-order chi connectivity index (χ0) is 31.4. The molecular weight excluding hydrogens is 585 g/mol. The van der Waals surface area contributed by atoms with Gasteiger partial charge in [0.05, 0.1) is 41.6 Å². The molecule has 1 amide bonds. The highest BCUT2D eigenvalue weighted by Crippen LogP contribution is 2.47. The number of hydrogen-bond donors (Lipinski definition) is 2. The molecule has 0 radical (unpaired) electrons. The first-order valence-corrected chi connectivity index (χ1v) is 14.5. The Labute approximate surface area is 249 Å². The first kappa shape index (κ1) is 29.9. The van der Waals surface area contributed by atoms with Crippen molar-refractivity contribution in [3.8, 4) is 6.07 Å². The minimum atomic E-state index is -3.55. The van der Waals surface area contributed by atoms with E-state index in [0.717, 1.165) is 17.0 Å². The molecule has 3 aromatic rings. The number of amides is 1. The number of pyridine rings is 1. The Kier molecular flexibility index (Phi) is 7.34. The lowest BCUT2D eigenvalue weighted by Crippen LogP contribution is -2.49. The van der Waals surface area contributed by atoms with E-state index in [1.165, 1.54) is 23.1 Å². The normalized spacial score (nSPS) is 25.9. The van der Waals surface area contributed by atoms with Gasteiger partial charge in [-0.25, -0.2) is 31.9 Å². The molecule has 1 saturated carbocycles. The van der Waals surface area contributed by atoms with Crippen LogP contribution in [0.5, 0.6) is 0 Å². The Morgan fingerprint density at radius 3 is 2.48 bits per heavy atom. The zero-order valence-electron chi connectivity index (χ0n) is 23.8. The Balaban J connectivity index is 1.49. The van der Waals surface area contributed by atoms with Crippen molar-refractivity contribution in [2.45, 2.75) is 62.5 Å². The monoisotopic (exact) mass is 615 g/mol. The van der Waals surface area contributed by atoms with Crippen LogP contribution in [0.25, 0.3) is 11.0 Å². The molecule has 1 aliphatic carbocycles. The summed E-state index contributed by atoms with van der Waals surface area (Å²) in [4.78, 5) is 36.3. The molecule has 8 bridgehead atoms. The van der Waals surface area contributed by atoms with Gasteiger partial charge in [-0.3, -0.25) is 19.1 Å². The minimum absolute atomic E-state index is 0.0160. The maximum Gasteiger partial charge on any atom is 0.278 e. The van der Waals surface area contributed by atoms with Gasteiger partial charge in [0, 0.05) is 17.0 Å². The Hall–Kier alpha value is -4.12. The van der Waals surface area contributed by atoms with Crippen molar-refractivity contribution in [3.63, 3.8) is 0 Å². The number of halogens is 5. The molecule has 2 N–H and O–H groups in total. The molecule has 5 heterocycles. The van der Waals surface area contributed by atoms with Gasteiger partial charge in [0.1, 0.15) is 30.2 Å². The van der Waals surface area contributed by atoms with Crippen LogP contribution >= 0.6 is 0 Å². The van der Waals surface area contributed by atoms with E-state index in [2.05, 4.69) is 26.7 Å². The molecule has 232 valence electrons. The van der Waals surface area contributed by atoms with Crippen LogP contribution in [0.2, 0.25) is 0 Å². The van der Waals surface area contributed by atoms with Gasteiger partial charge in [-0.1, -0.05) is 18.2 Å². The molecular formula is C30H30F5N7O2. The Bertz CT molecular complexity index is 1730. The zero-order valence-corrected chi connectivity index (χ0v) is 23.8. The smallest absolute Gasteiger partial charge is 0.278 e. The second-order valence-electron chi connectivity index (χ2n) is 12.0. The van der Waals surface area contributed by atoms with E-state index in [4.69, 9.17) is 0 Å². The first-order chi connectivity index (χ1) is 20.8. The van der Waals surface area contributed by atoms with E-state index in [-0.39, 0.29) is 53.9 Å². The molecule has 2 fully saturated rings. The maximum atomic E-state index is 15.8. The van der Waals surface area contributed by atoms with E-state index >= 15 is 13.2 Å². The second-order valence-corrected chi connectivity index (χ2v) is 12.0. The standard InChI is InChI=1S/C30H30F5N7O2/c1-17-19-3-2-4-21(24(19)31)30(34,35)18-5-9-41(10-6-18)15-29(32,33)14-37-23(43)12-42-26-20(25(40-17)38-16-39-26)11-22(27(42)44)28(13-36)7-8-28/h2-4,11,16-18H,5-10,12,14-15H2,1H3,(H,37,43)(H,38,39,40)/t17-/m1/s1. The van der Waals surface area contributed by atoms with Crippen molar-refractivity contribution in [3.05, 3.63) is 63.5 Å². The average molecular weight is 616 g/mol. The number of piperidine rings is 1. The van der Waals surface area contributed by atoms with Crippen molar-refractivity contribution in [1.29, 1.82) is 5.26 Å². The molecule has 7 rings (SSSR count). The summed E-state index contributed by atoms with van der Waals surface area (Å²) in [6.07, 6.45) is 1.68. The van der Waals surface area contributed by atoms with Crippen molar-refractivity contribution in [2.24, 2.45) is 5.92 Å². The van der Waals surface area contributed by atoms with E-state index in [9.17, 15) is 23.6 Å². The highest BCUT2D eigenvalue weighted by atomic mass is 19.3. The number of alkyl halides is 4. The number of aromatic nitrogens is 3. The number of anilines is 1. The molecule has 4 aliphatic rings. The molecule has 9 nitrogen and oxygen atoms in total. The number of rotatable bonds is 1. The van der Waals surface area contributed by atoms with Crippen LogP contribution < -0.4 is 16.2 Å². The summed E-state index contributed by atoms with van der Waals surface area (Å²) in [7, 11) is 0. The number of carbonyl (C=O) groups is 1. The predicted molar refractivity (Wildman–Crippen MR) is 150 cm³/mol. The highest BCUT2D eigenvalue weighted by Gasteiger charge is 2.48. The molecule has 1 aromatic carbocycles. The van der Waals surface area contributed by atoms with Gasteiger partial charge < -0.3 is 10.6 Å². The fourth-order valence-corrected chi connectivity index (χ4v) is 6.26. The number of carbonyl (C=O) groups excluding carboxylic acids is 1.